The molecule has 9 aliphatic heterocycles. The van der Waals surface area contributed by atoms with E-state index in [1.165, 1.54) is 36.4 Å². The van der Waals surface area contributed by atoms with Crippen LogP contribution in [0.15, 0.2) is 124 Å². The van der Waals surface area contributed by atoms with Crippen molar-refractivity contribution in [3.63, 3.8) is 0 Å². The van der Waals surface area contributed by atoms with E-state index in [1.807, 2.05) is 33.8 Å². The number of ether oxygens (including phenoxy) is 3. The van der Waals surface area contributed by atoms with Crippen molar-refractivity contribution in [2.24, 2.45) is 11.8 Å². The van der Waals surface area contributed by atoms with Gasteiger partial charge in [-0.1, -0.05) is 53.5 Å². The van der Waals surface area contributed by atoms with Gasteiger partial charge >= 0.3 is 11.4 Å². The number of benzene rings is 6. The molecule has 6 aromatic carbocycles. The van der Waals surface area contributed by atoms with E-state index in [0.29, 0.717) is 98.6 Å². The topological polar surface area (TPSA) is 295 Å². The van der Waals surface area contributed by atoms with Crippen molar-refractivity contribution < 1.29 is 54.9 Å². The summed E-state index contributed by atoms with van der Waals surface area (Å²) in [5.41, 5.74) is -0.612. The second-order valence-electron chi connectivity index (χ2n) is 35.4. The van der Waals surface area contributed by atoms with E-state index < -0.39 is 94.1 Å². The van der Waals surface area contributed by atoms with Crippen LogP contribution in [0, 0.1) is 92.1 Å². The molecule has 6 saturated heterocycles. The normalized spacial score (nSPS) is 21.1. The first-order chi connectivity index (χ1) is 63.8. The lowest BCUT2D eigenvalue weighted by Gasteiger charge is -2.45. The number of carbonyl (C=O) groups excluding carboxylic acids is 3. The number of hydrogen-bond acceptors (Lipinski definition) is 21. The molecule has 18 rings (SSSR count). The lowest BCUT2D eigenvalue weighted by atomic mass is 9.96. The third kappa shape index (κ3) is 17.0. The van der Waals surface area contributed by atoms with E-state index in [4.69, 9.17) is 54.0 Å². The van der Waals surface area contributed by atoms with Gasteiger partial charge < -0.3 is 58.3 Å². The number of carbonyl (C=O) groups is 3. The summed E-state index contributed by atoms with van der Waals surface area (Å²) in [6.07, 6.45) is 12.2. The standard InChI is InChI=1S/C96H91Cl3F6N18O9/c1-3-79(124)117-35-33-116(49-61(117)22-25-107)92-70-40-74(98)83(67-17-14-58(101)37-77(67)104)90-87(70)122(95(128)110-92)64(52-131-90)9-5-28-114-46-56(47-114)12-20-81(126)120-43-54(2)119(50-62(120)23-26-108)93-71-41-75(99)84(68-18-15-59(102)38-78(68)105)91-88(71)123(96(129)111-93)65(53-132-91)10-6-29-113-44-55(45-113)11-19-80(125)118-34-32-115(48-60(118)21-24-106)85-69-39-73(97)82(66-16-13-57(100)36-76(66)103)89-86(69)121(94(127)72(85)42-109)63(51-130-89)8-4-27-112-30-7-31-112/h3,11-20,36-41,54-56,60-65H,1,4-10,21-23,27-35,43-53H2,2H3/b19-11+,20-12+/t54?,60-,61-,62-,63?,64?,65?/m0/s1. The second kappa shape index (κ2) is 37.7. The Balaban J connectivity index is 0.518. The minimum absolute atomic E-state index is 0.00235. The van der Waals surface area contributed by atoms with Crippen LogP contribution in [0.25, 0.3) is 66.1 Å². The molecule has 132 heavy (non-hydrogen) atoms. The Labute approximate surface area is 769 Å². The highest BCUT2D eigenvalue weighted by molar-refractivity contribution is 6.36. The first-order valence-corrected chi connectivity index (χ1v) is 45.6. The van der Waals surface area contributed by atoms with Crippen molar-refractivity contribution in [2.75, 3.05) is 146 Å². The number of rotatable bonds is 26. The van der Waals surface area contributed by atoms with Gasteiger partial charge in [-0.25, -0.2) is 35.9 Å². The first kappa shape index (κ1) is 90.1. The number of pyridine rings is 1. The van der Waals surface area contributed by atoms with Crippen molar-refractivity contribution >= 4 is 103 Å². The quantitative estimate of drug-likeness (QED) is 0.0359. The third-order valence-corrected chi connectivity index (χ3v) is 28.2. The van der Waals surface area contributed by atoms with Crippen LogP contribution < -0.4 is 45.8 Å². The molecule has 0 spiro atoms. The molecule has 4 unspecified atom stereocenters. The number of piperazine rings is 3. The Hall–Kier alpha value is -12.5. The monoisotopic (exact) mass is 1860 g/mol. The molecular formula is C96H91Cl3F6N18O9. The molecular weight excluding hydrogens is 1770 g/mol. The molecule has 0 saturated carbocycles. The van der Waals surface area contributed by atoms with Crippen molar-refractivity contribution in [1.82, 2.24) is 53.1 Å². The Kier molecular flexibility index (Phi) is 25.7. The molecule has 0 radical (unpaired) electrons. The van der Waals surface area contributed by atoms with Crippen molar-refractivity contribution in [3.05, 3.63) is 197 Å². The van der Waals surface area contributed by atoms with Gasteiger partial charge in [0.05, 0.1) is 111 Å². The van der Waals surface area contributed by atoms with Gasteiger partial charge in [-0.15, -0.1) is 0 Å². The summed E-state index contributed by atoms with van der Waals surface area (Å²) >= 11 is 21.3. The average Bonchev–Trinajstić information content (AvgIpc) is 0.720. The van der Waals surface area contributed by atoms with E-state index in [9.17, 15) is 58.2 Å². The fourth-order valence-electron chi connectivity index (χ4n) is 20.7. The zero-order valence-electron chi connectivity index (χ0n) is 72.1. The lowest BCUT2D eigenvalue weighted by molar-refractivity contribution is -0.129. The SMILES string of the molecule is C=CC(=O)N1CCN(c2nc(=O)n3c4c(c(-c5ccc(F)cc5F)c(Cl)cc24)OCC3CCCN2CC(/C=C/C(=O)N3CC(C)N(c4nc(=O)n5c6c(c(-c7ccc(F)cc7F)c(Cl)cc46)OCC5CCCN4CC(/C=C/C(=O)N5CCN(c6c(C#N)c(=O)n7c8c(c(-c9ccc(F)cc9F)c(Cl)cc68)OCC7CCCN6CCC6)C[C@@H]5CC#N)C4)C[C@@H]3CC#N)C2)C[C@@H]1CC#N. The molecule has 3 amide bonds. The molecule has 9 aromatic rings. The maximum atomic E-state index is 16.0. The molecule has 12 heterocycles. The number of halogens is 9. The van der Waals surface area contributed by atoms with Crippen LogP contribution in [0.3, 0.4) is 0 Å². The van der Waals surface area contributed by atoms with Crippen molar-refractivity contribution in [2.45, 2.75) is 113 Å². The van der Waals surface area contributed by atoms with Gasteiger partial charge in [-0.3, -0.25) is 32.9 Å². The number of nitrogens with zero attached hydrogens (tertiary/aromatic N) is 18. The van der Waals surface area contributed by atoms with Crippen LogP contribution in [0.5, 0.6) is 17.2 Å². The Bertz CT molecular complexity index is 6650. The van der Waals surface area contributed by atoms with Gasteiger partial charge in [-0.05, 0) is 157 Å². The van der Waals surface area contributed by atoms with Crippen LogP contribution in [-0.2, 0) is 14.4 Å². The van der Waals surface area contributed by atoms with Gasteiger partial charge in [0, 0.05) is 164 Å². The molecule has 7 atom stereocenters. The molecule has 0 N–H and O–H groups in total. The fraction of sp³-hybridized carbons (Fsp3) is 0.417. The predicted octanol–water partition coefficient (Wildman–Crippen LogP) is 13.7. The Morgan fingerprint density at radius 1 is 0.477 bits per heavy atom. The molecule has 0 aliphatic carbocycles. The van der Waals surface area contributed by atoms with Gasteiger partial charge in [-0.2, -0.15) is 31.0 Å². The van der Waals surface area contributed by atoms with Gasteiger partial charge in [0.15, 0.2) is 17.2 Å². The highest BCUT2D eigenvalue weighted by atomic mass is 35.5. The largest absolute Gasteiger partial charge is 0.488 e. The highest BCUT2D eigenvalue weighted by Crippen LogP contribution is 2.53. The maximum absolute atomic E-state index is 16.0. The third-order valence-electron chi connectivity index (χ3n) is 27.3. The summed E-state index contributed by atoms with van der Waals surface area (Å²) in [4.78, 5) is 113. The minimum atomic E-state index is -0.916. The van der Waals surface area contributed by atoms with Crippen molar-refractivity contribution in [1.29, 1.82) is 21.0 Å². The molecule has 36 heteroatoms. The predicted molar refractivity (Wildman–Crippen MR) is 485 cm³/mol. The molecule has 3 aromatic heterocycles. The van der Waals surface area contributed by atoms with Crippen LogP contribution >= 0.6 is 34.8 Å². The summed E-state index contributed by atoms with van der Waals surface area (Å²) in [7, 11) is 0. The van der Waals surface area contributed by atoms with Gasteiger partial charge in [0.2, 0.25) is 17.7 Å². The number of likely N-dealkylation sites (tertiary alicyclic amines) is 3. The molecule has 0 bridgehead atoms. The number of amides is 3. The zero-order chi connectivity index (χ0) is 92.4. The zero-order valence-corrected chi connectivity index (χ0v) is 74.3. The first-order valence-electron chi connectivity index (χ1n) is 44.4. The lowest BCUT2D eigenvalue weighted by Crippen LogP contribution is -2.59. The van der Waals surface area contributed by atoms with E-state index in [1.54, 1.807) is 46.6 Å². The summed E-state index contributed by atoms with van der Waals surface area (Å²) in [5.74, 6) is -5.35. The summed E-state index contributed by atoms with van der Waals surface area (Å²) in [5, 5.41) is 42.6. The van der Waals surface area contributed by atoms with E-state index in [0.717, 1.165) is 68.9 Å². The van der Waals surface area contributed by atoms with E-state index in [-0.39, 0.29) is 215 Å². The number of nitriles is 4. The highest BCUT2D eigenvalue weighted by Gasteiger charge is 2.43. The maximum Gasteiger partial charge on any atom is 0.350 e. The van der Waals surface area contributed by atoms with Gasteiger partial charge in [0.25, 0.3) is 5.56 Å². The summed E-state index contributed by atoms with van der Waals surface area (Å²) < 4.78 is 115. The van der Waals surface area contributed by atoms with Crippen LogP contribution in [0.1, 0.15) is 94.8 Å². The van der Waals surface area contributed by atoms with Crippen LogP contribution in [-0.4, -0.2) is 226 Å². The van der Waals surface area contributed by atoms with E-state index in [2.05, 4.69) is 50.5 Å². The fourth-order valence-corrected chi connectivity index (χ4v) is 21.6. The summed E-state index contributed by atoms with van der Waals surface area (Å²) in [6.45, 7) is 13.0. The van der Waals surface area contributed by atoms with Crippen LogP contribution in [0.2, 0.25) is 15.1 Å². The summed E-state index contributed by atoms with van der Waals surface area (Å²) in [6, 6.07) is 18.8. The molecule has 6 fully saturated rings. The van der Waals surface area contributed by atoms with Crippen molar-refractivity contribution in [3.8, 4) is 74.9 Å². The van der Waals surface area contributed by atoms with Crippen LogP contribution in [0.4, 0.5) is 43.7 Å². The average molecular weight is 1860 g/mol. The smallest absolute Gasteiger partial charge is 0.350 e. The Morgan fingerprint density at radius 2 is 0.886 bits per heavy atom. The minimum Gasteiger partial charge on any atom is -0.488 e. The Morgan fingerprint density at radius 3 is 1.33 bits per heavy atom. The molecule has 682 valence electrons. The number of anilines is 3. The van der Waals surface area contributed by atoms with E-state index >= 15 is 18.0 Å². The van der Waals surface area contributed by atoms with Gasteiger partial charge in [0.1, 0.15) is 78.0 Å². The second-order valence-corrected chi connectivity index (χ2v) is 36.6. The molecule has 27 nitrogen and oxygen atoms in total. The molecule has 9 aliphatic rings. The number of hydrogen-bond donors (Lipinski definition) is 0. The number of aromatic nitrogens is 5.